The Balaban J connectivity index is 2.75. The Hall–Kier alpha value is -1.36. The van der Waals surface area contributed by atoms with Crippen LogP contribution in [0.4, 0.5) is 0 Å². The first-order valence-electron chi connectivity index (χ1n) is 6.08. The molecule has 4 nitrogen and oxygen atoms in total. The molecule has 0 radical (unpaired) electrons. The van der Waals surface area contributed by atoms with Gasteiger partial charge in [0, 0.05) is 10.0 Å². The maximum absolute atomic E-state index is 12.0. The lowest BCUT2D eigenvalue weighted by Crippen LogP contribution is -2.42. The summed E-state index contributed by atoms with van der Waals surface area (Å²) in [5, 5.41) is 2.71. The van der Waals surface area contributed by atoms with E-state index in [4.69, 9.17) is 4.74 Å². The van der Waals surface area contributed by atoms with Crippen LogP contribution in [0, 0.1) is 5.92 Å². The van der Waals surface area contributed by atoms with Gasteiger partial charge in [0.2, 0.25) is 0 Å². The molecule has 104 valence electrons. The number of esters is 1. The first kappa shape index (κ1) is 15.7. The fourth-order valence-electron chi connectivity index (χ4n) is 1.67. The van der Waals surface area contributed by atoms with Gasteiger partial charge in [-0.15, -0.1) is 0 Å². The van der Waals surface area contributed by atoms with Crippen LogP contribution in [-0.4, -0.2) is 25.0 Å². The molecule has 0 bridgehead atoms. The van der Waals surface area contributed by atoms with Crippen LogP contribution in [0.2, 0.25) is 0 Å². The molecule has 0 aliphatic rings. The van der Waals surface area contributed by atoms with E-state index in [1.807, 2.05) is 13.8 Å². The minimum Gasteiger partial charge on any atom is -0.467 e. The molecule has 19 heavy (non-hydrogen) atoms. The standard InChI is InChI=1S/C14H18BrNO3/c1-9(2)8-12(14(18)19-3)16-13(17)10-4-6-11(15)7-5-10/h4-7,9,12H,8H2,1-3H3,(H,16,17)/t12-/m0/s1. The van der Waals surface area contributed by atoms with E-state index in [-0.39, 0.29) is 11.8 Å². The zero-order valence-electron chi connectivity index (χ0n) is 11.3. The predicted octanol–water partition coefficient (Wildman–Crippen LogP) is 2.77. The van der Waals surface area contributed by atoms with Gasteiger partial charge in [-0.3, -0.25) is 4.79 Å². The molecule has 0 unspecified atom stereocenters. The van der Waals surface area contributed by atoms with E-state index < -0.39 is 12.0 Å². The predicted molar refractivity (Wildman–Crippen MR) is 76.9 cm³/mol. The van der Waals surface area contributed by atoms with Gasteiger partial charge in [0.1, 0.15) is 6.04 Å². The van der Waals surface area contributed by atoms with E-state index in [1.54, 1.807) is 24.3 Å². The minimum absolute atomic E-state index is 0.274. The Morgan fingerprint density at radius 3 is 2.32 bits per heavy atom. The average molecular weight is 328 g/mol. The van der Waals surface area contributed by atoms with Crippen LogP contribution in [0.1, 0.15) is 30.6 Å². The molecule has 0 saturated heterocycles. The summed E-state index contributed by atoms with van der Waals surface area (Å²) in [5.41, 5.74) is 0.515. The SMILES string of the molecule is COC(=O)[C@H](CC(C)C)NC(=O)c1ccc(Br)cc1. The lowest BCUT2D eigenvalue weighted by Gasteiger charge is -2.18. The first-order valence-corrected chi connectivity index (χ1v) is 6.87. The maximum Gasteiger partial charge on any atom is 0.328 e. The van der Waals surface area contributed by atoms with E-state index in [1.165, 1.54) is 7.11 Å². The molecule has 5 heteroatoms. The minimum atomic E-state index is -0.610. The fraction of sp³-hybridized carbons (Fsp3) is 0.429. The molecule has 0 aliphatic carbocycles. The summed E-state index contributed by atoms with van der Waals surface area (Å²) in [4.78, 5) is 23.7. The highest BCUT2D eigenvalue weighted by Gasteiger charge is 2.22. The van der Waals surface area contributed by atoms with E-state index in [0.717, 1.165) is 4.47 Å². The van der Waals surface area contributed by atoms with Crippen molar-refractivity contribution in [3.63, 3.8) is 0 Å². The van der Waals surface area contributed by atoms with Crippen molar-refractivity contribution in [2.75, 3.05) is 7.11 Å². The van der Waals surface area contributed by atoms with Crippen molar-refractivity contribution in [2.45, 2.75) is 26.3 Å². The topological polar surface area (TPSA) is 55.4 Å². The molecular weight excluding hydrogens is 310 g/mol. The number of hydrogen-bond acceptors (Lipinski definition) is 3. The van der Waals surface area contributed by atoms with Crippen molar-refractivity contribution in [3.8, 4) is 0 Å². The number of amides is 1. The molecule has 1 aromatic rings. The van der Waals surface area contributed by atoms with Gasteiger partial charge in [0.25, 0.3) is 5.91 Å². The van der Waals surface area contributed by atoms with Crippen molar-refractivity contribution < 1.29 is 14.3 Å². The third-order valence-electron chi connectivity index (χ3n) is 2.60. The molecule has 1 rings (SSSR count). The van der Waals surface area contributed by atoms with Gasteiger partial charge in [-0.05, 0) is 36.6 Å². The zero-order valence-corrected chi connectivity index (χ0v) is 12.9. The van der Waals surface area contributed by atoms with E-state index in [0.29, 0.717) is 12.0 Å². The third kappa shape index (κ3) is 5.03. The van der Waals surface area contributed by atoms with Crippen LogP contribution in [-0.2, 0) is 9.53 Å². The molecular formula is C14H18BrNO3. The average Bonchev–Trinajstić information content (AvgIpc) is 2.37. The summed E-state index contributed by atoms with van der Waals surface area (Å²) >= 11 is 3.31. The van der Waals surface area contributed by atoms with Crippen LogP contribution in [0.5, 0.6) is 0 Å². The number of halogens is 1. The normalized spacial score (nSPS) is 12.1. The fourth-order valence-corrected chi connectivity index (χ4v) is 1.93. The summed E-state index contributed by atoms with van der Waals surface area (Å²) in [6.45, 7) is 3.98. The second-order valence-corrected chi connectivity index (χ2v) is 5.60. The van der Waals surface area contributed by atoms with Gasteiger partial charge in [0.05, 0.1) is 7.11 Å². The molecule has 0 fully saturated rings. The van der Waals surface area contributed by atoms with Crippen LogP contribution in [0.3, 0.4) is 0 Å². The van der Waals surface area contributed by atoms with Crippen molar-refractivity contribution in [1.29, 1.82) is 0 Å². The van der Waals surface area contributed by atoms with Crippen LogP contribution in [0.25, 0.3) is 0 Å². The highest BCUT2D eigenvalue weighted by Crippen LogP contribution is 2.12. The number of ether oxygens (including phenoxy) is 1. The highest BCUT2D eigenvalue weighted by atomic mass is 79.9. The molecule has 0 aromatic heterocycles. The van der Waals surface area contributed by atoms with E-state index in [9.17, 15) is 9.59 Å². The summed E-state index contributed by atoms with van der Waals surface area (Å²) in [6, 6.07) is 6.35. The number of methoxy groups -OCH3 is 1. The van der Waals surface area contributed by atoms with Crippen LogP contribution in [0.15, 0.2) is 28.7 Å². The Kier molecular flexibility index (Phi) is 6.02. The van der Waals surface area contributed by atoms with Gasteiger partial charge in [-0.2, -0.15) is 0 Å². The lowest BCUT2D eigenvalue weighted by molar-refractivity contribution is -0.143. The Morgan fingerprint density at radius 2 is 1.84 bits per heavy atom. The summed E-state index contributed by atoms with van der Waals surface area (Å²) in [7, 11) is 1.32. The van der Waals surface area contributed by atoms with Crippen molar-refractivity contribution in [1.82, 2.24) is 5.32 Å². The van der Waals surface area contributed by atoms with Crippen molar-refractivity contribution >= 4 is 27.8 Å². The monoisotopic (exact) mass is 327 g/mol. The van der Waals surface area contributed by atoms with E-state index >= 15 is 0 Å². The molecule has 0 aliphatic heterocycles. The molecule has 1 atom stereocenters. The number of carbonyl (C=O) groups is 2. The molecule has 1 amide bonds. The molecule has 0 saturated carbocycles. The Labute approximate surface area is 121 Å². The number of rotatable bonds is 5. The summed E-state index contributed by atoms with van der Waals surface area (Å²) < 4.78 is 5.61. The first-order chi connectivity index (χ1) is 8.93. The van der Waals surface area contributed by atoms with E-state index in [2.05, 4.69) is 21.2 Å². The van der Waals surface area contributed by atoms with Gasteiger partial charge in [-0.1, -0.05) is 29.8 Å². The second-order valence-electron chi connectivity index (χ2n) is 4.69. The zero-order chi connectivity index (χ0) is 14.4. The lowest BCUT2D eigenvalue weighted by atomic mass is 10.0. The van der Waals surface area contributed by atoms with Gasteiger partial charge < -0.3 is 10.1 Å². The summed E-state index contributed by atoms with van der Waals surface area (Å²) in [6.07, 6.45) is 0.551. The Morgan fingerprint density at radius 1 is 1.26 bits per heavy atom. The van der Waals surface area contributed by atoms with Gasteiger partial charge in [-0.25, -0.2) is 4.79 Å². The van der Waals surface area contributed by atoms with Crippen LogP contribution >= 0.6 is 15.9 Å². The number of nitrogens with one attached hydrogen (secondary N) is 1. The Bertz CT molecular complexity index is 443. The molecule has 0 spiro atoms. The highest BCUT2D eigenvalue weighted by molar-refractivity contribution is 9.10. The number of carbonyl (C=O) groups excluding carboxylic acids is 2. The number of hydrogen-bond donors (Lipinski definition) is 1. The molecule has 1 N–H and O–H groups in total. The van der Waals surface area contributed by atoms with Crippen molar-refractivity contribution in [3.05, 3.63) is 34.3 Å². The molecule has 1 aromatic carbocycles. The van der Waals surface area contributed by atoms with Crippen molar-refractivity contribution in [2.24, 2.45) is 5.92 Å². The van der Waals surface area contributed by atoms with Gasteiger partial charge in [0.15, 0.2) is 0 Å². The maximum atomic E-state index is 12.0. The third-order valence-corrected chi connectivity index (χ3v) is 3.13. The quantitative estimate of drug-likeness (QED) is 0.846. The van der Waals surface area contributed by atoms with Crippen LogP contribution < -0.4 is 5.32 Å². The smallest absolute Gasteiger partial charge is 0.328 e. The number of benzene rings is 1. The van der Waals surface area contributed by atoms with Gasteiger partial charge >= 0.3 is 5.97 Å². The summed E-state index contributed by atoms with van der Waals surface area (Å²) in [5.74, 6) is -0.406. The second kappa shape index (κ2) is 7.28. The molecule has 0 heterocycles. The largest absolute Gasteiger partial charge is 0.467 e.